The smallest absolute Gasteiger partial charge is 0.343 e. The van der Waals surface area contributed by atoms with Crippen molar-refractivity contribution in [3.63, 3.8) is 0 Å². The molecule has 2 aliphatic rings. The molecule has 0 saturated heterocycles. The molecule has 2 unspecified atom stereocenters. The first kappa shape index (κ1) is 22.5. The van der Waals surface area contributed by atoms with Crippen molar-refractivity contribution in [3.05, 3.63) is 56.9 Å². The maximum Gasteiger partial charge on any atom is 0.343 e. The molecule has 2 atom stereocenters. The molecule has 1 aromatic carbocycles. The molecule has 0 amide bonds. The molecule has 2 aliphatic heterocycles. The van der Waals surface area contributed by atoms with Crippen LogP contribution in [0.2, 0.25) is 0 Å². The van der Waals surface area contributed by atoms with Crippen LogP contribution < -0.4 is 16.6 Å². The third kappa shape index (κ3) is 3.31. The number of nitrogens with one attached hydrogen (secondary N) is 1. The van der Waals surface area contributed by atoms with Gasteiger partial charge in [0.05, 0.1) is 29.0 Å². The molecule has 0 fully saturated rings. The monoisotopic (exact) mass is 464 g/mol. The minimum Gasteiger partial charge on any atom is -0.508 e. The summed E-state index contributed by atoms with van der Waals surface area (Å²) in [6.45, 7) is 4.90. The van der Waals surface area contributed by atoms with Crippen LogP contribution in [0.15, 0.2) is 29.1 Å². The van der Waals surface area contributed by atoms with Gasteiger partial charge in [-0.2, -0.15) is 0 Å². The maximum absolute atomic E-state index is 13.3. The summed E-state index contributed by atoms with van der Waals surface area (Å²) in [7, 11) is 0. The summed E-state index contributed by atoms with van der Waals surface area (Å²) in [5.41, 5.74) is 7.52. The van der Waals surface area contributed by atoms with Gasteiger partial charge in [-0.25, -0.2) is 9.78 Å². The van der Waals surface area contributed by atoms with E-state index in [4.69, 9.17) is 15.5 Å². The van der Waals surface area contributed by atoms with E-state index in [1.165, 1.54) is 0 Å². The second-order valence-electron chi connectivity index (χ2n) is 9.09. The Balaban J connectivity index is 1.63. The Morgan fingerprint density at radius 1 is 1.32 bits per heavy atom. The third-order valence-corrected chi connectivity index (χ3v) is 7.01. The highest BCUT2D eigenvalue weighted by molar-refractivity contribution is 5.89. The average molecular weight is 465 g/mol. The van der Waals surface area contributed by atoms with Crippen LogP contribution in [0, 0.1) is 0 Å². The number of carbonyl (C=O) groups is 1. The Labute approximate surface area is 196 Å². The fraction of sp³-hybridized carbons (Fsp3) is 0.400. The number of benzene rings is 1. The Kier molecular flexibility index (Phi) is 5.43. The number of aliphatic hydroxyl groups is 1. The first-order chi connectivity index (χ1) is 16.3. The Hall–Kier alpha value is -3.27. The van der Waals surface area contributed by atoms with Crippen molar-refractivity contribution in [1.82, 2.24) is 14.9 Å². The molecule has 9 nitrogen and oxygen atoms in total. The van der Waals surface area contributed by atoms with E-state index >= 15 is 0 Å². The van der Waals surface area contributed by atoms with Gasteiger partial charge in [0.25, 0.3) is 5.56 Å². The van der Waals surface area contributed by atoms with E-state index in [0.29, 0.717) is 47.7 Å². The van der Waals surface area contributed by atoms with Gasteiger partial charge in [-0.15, -0.1) is 0 Å². The van der Waals surface area contributed by atoms with E-state index in [1.54, 1.807) is 29.7 Å². The van der Waals surface area contributed by atoms with Gasteiger partial charge < -0.3 is 30.6 Å². The molecule has 34 heavy (non-hydrogen) atoms. The number of rotatable bonds is 6. The molecule has 0 bridgehead atoms. The largest absolute Gasteiger partial charge is 0.508 e. The number of pyridine rings is 2. The summed E-state index contributed by atoms with van der Waals surface area (Å²) in [4.78, 5) is 30.5. The first-order valence-corrected chi connectivity index (χ1v) is 11.5. The van der Waals surface area contributed by atoms with Crippen LogP contribution in [-0.2, 0) is 34.8 Å². The number of ether oxygens (including phenoxy) is 1. The summed E-state index contributed by atoms with van der Waals surface area (Å²) in [5, 5.41) is 25.7. The molecule has 0 saturated carbocycles. The van der Waals surface area contributed by atoms with Crippen LogP contribution in [0.4, 0.5) is 0 Å². The van der Waals surface area contributed by atoms with Gasteiger partial charge in [0.15, 0.2) is 5.60 Å². The molecule has 2 aromatic heterocycles. The van der Waals surface area contributed by atoms with Gasteiger partial charge in [-0.3, -0.25) is 4.79 Å². The summed E-state index contributed by atoms with van der Waals surface area (Å²) >= 11 is 0. The van der Waals surface area contributed by atoms with Crippen molar-refractivity contribution < 1.29 is 19.7 Å². The minimum absolute atomic E-state index is 0.0952. The van der Waals surface area contributed by atoms with Crippen LogP contribution in [0.5, 0.6) is 5.75 Å². The quantitative estimate of drug-likeness (QED) is 0.316. The van der Waals surface area contributed by atoms with Crippen molar-refractivity contribution in [2.24, 2.45) is 5.73 Å². The minimum atomic E-state index is -1.85. The third-order valence-electron chi connectivity index (χ3n) is 7.01. The molecule has 178 valence electrons. The van der Waals surface area contributed by atoms with Crippen molar-refractivity contribution in [3.8, 4) is 17.1 Å². The molecule has 3 aromatic rings. The van der Waals surface area contributed by atoms with Crippen molar-refractivity contribution in [2.45, 2.75) is 58.0 Å². The number of nitrogens with zero attached hydrogens (tertiary/aromatic N) is 2. The molecule has 0 aliphatic carbocycles. The summed E-state index contributed by atoms with van der Waals surface area (Å²) in [5.74, 6) is -0.568. The molecular formula is C25H28N4O5. The zero-order valence-corrected chi connectivity index (χ0v) is 19.2. The SMILES string of the molecule is CCC1(O)C(=O)OCc2c1cc1n(c2=O)Cc2cc3c(CNC(C)CCN)c(O)ccc3nc2-1. The van der Waals surface area contributed by atoms with Gasteiger partial charge in [0.2, 0.25) is 0 Å². The normalized spacial score (nSPS) is 19.5. The van der Waals surface area contributed by atoms with E-state index in [-0.39, 0.29) is 30.4 Å². The number of phenolic OH excluding ortho intramolecular Hbond substituents is 1. The van der Waals surface area contributed by atoms with Crippen LogP contribution in [0.1, 0.15) is 48.9 Å². The second kappa shape index (κ2) is 8.19. The number of esters is 1. The van der Waals surface area contributed by atoms with Crippen molar-refractivity contribution in [2.75, 3.05) is 6.54 Å². The highest BCUT2D eigenvalue weighted by Gasteiger charge is 2.45. The van der Waals surface area contributed by atoms with E-state index < -0.39 is 11.6 Å². The summed E-state index contributed by atoms with van der Waals surface area (Å²) in [6.07, 6.45) is 0.913. The number of carbonyl (C=O) groups excluding carboxylic acids is 1. The van der Waals surface area contributed by atoms with Crippen molar-refractivity contribution >= 4 is 16.9 Å². The van der Waals surface area contributed by atoms with Crippen LogP contribution in [-0.4, -0.2) is 38.3 Å². The lowest BCUT2D eigenvalue weighted by molar-refractivity contribution is -0.172. The molecular weight excluding hydrogens is 436 g/mol. The maximum atomic E-state index is 13.3. The molecule has 0 spiro atoms. The number of hydrogen-bond donors (Lipinski definition) is 4. The number of cyclic esters (lactones) is 1. The predicted molar refractivity (Wildman–Crippen MR) is 126 cm³/mol. The fourth-order valence-corrected chi connectivity index (χ4v) is 4.91. The van der Waals surface area contributed by atoms with E-state index in [1.807, 2.05) is 13.0 Å². The lowest BCUT2D eigenvalue weighted by atomic mass is 9.86. The predicted octanol–water partition coefficient (Wildman–Crippen LogP) is 1.61. The van der Waals surface area contributed by atoms with Crippen LogP contribution in [0.25, 0.3) is 22.3 Å². The number of fused-ring (bicyclic) bond motifs is 5. The Morgan fingerprint density at radius 3 is 2.85 bits per heavy atom. The number of aromatic nitrogens is 2. The molecule has 9 heteroatoms. The van der Waals surface area contributed by atoms with Crippen LogP contribution in [0.3, 0.4) is 0 Å². The van der Waals surface area contributed by atoms with Gasteiger partial charge in [0, 0.05) is 34.7 Å². The van der Waals surface area contributed by atoms with Gasteiger partial charge in [0.1, 0.15) is 12.4 Å². The molecule has 5 N–H and O–H groups in total. The summed E-state index contributed by atoms with van der Waals surface area (Å²) < 4.78 is 6.73. The van der Waals surface area contributed by atoms with E-state index in [0.717, 1.165) is 22.9 Å². The Morgan fingerprint density at radius 2 is 2.12 bits per heavy atom. The average Bonchev–Trinajstić information content (AvgIpc) is 3.18. The van der Waals surface area contributed by atoms with Crippen LogP contribution >= 0.6 is 0 Å². The fourth-order valence-electron chi connectivity index (χ4n) is 4.91. The van der Waals surface area contributed by atoms with E-state index in [2.05, 4.69) is 5.32 Å². The Bertz CT molecular complexity index is 1380. The highest BCUT2D eigenvalue weighted by Crippen LogP contribution is 2.39. The van der Waals surface area contributed by atoms with E-state index in [9.17, 15) is 19.8 Å². The molecule has 4 heterocycles. The molecule has 0 radical (unpaired) electrons. The van der Waals surface area contributed by atoms with Crippen molar-refractivity contribution in [1.29, 1.82) is 0 Å². The first-order valence-electron chi connectivity index (χ1n) is 11.5. The highest BCUT2D eigenvalue weighted by atomic mass is 16.6. The van der Waals surface area contributed by atoms with Gasteiger partial charge in [-0.1, -0.05) is 6.92 Å². The molecule has 5 rings (SSSR count). The zero-order chi connectivity index (χ0) is 24.2. The topological polar surface area (TPSA) is 140 Å². The number of phenols is 1. The number of hydrogen-bond acceptors (Lipinski definition) is 8. The lowest BCUT2D eigenvalue weighted by Crippen LogP contribution is -2.44. The number of nitrogens with two attached hydrogens (primary N) is 1. The summed E-state index contributed by atoms with van der Waals surface area (Å²) in [6, 6.07) is 7.21. The number of aromatic hydroxyl groups is 1. The van der Waals surface area contributed by atoms with Gasteiger partial charge >= 0.3 is 5.97 Å². The van der Waals surface area contributed by atoms with Gasteiger partial charge in [-0.05, 0) is 50.6 Å². The standard InChI is InChI=1S/C25H28N4O5/c1-3-25(33)18-9-20-22-14(11-29(20)23(31)17(18)12-34-24(25)32)8-15-16(10-27-13(2)6-7-26)21(30)5-4-19(15)28-22/h4-5,8-9,13,27,30,33H,3,6-7,10-12,26H2,1-2H3. The second-order valence-corrected chi connectivity index (χ2v) is 9.09. The zero-order valence-electron chi connectivity index (χ0n) is 19.2. The lowest BCUT2D eigenvalue weighted by Gasteiger charge is -2.31.